The fourth-order valence-corrected chi connectivity index (χ4v) is 3.30. The molecule has 4 nitrogen and oxygen atoms in total. The normalized spacial score (nSPS) is 11.2. The van der Waals surface area contributed by atoms with Crippen molar-refractivity contribution in [2.45, 2.75) is 26.2 Å². The number of aromatic nitrogens is 1. The molecule has 4 N–H and O–H groups in total. The molecule has 0 aliphatic heterocycles. The van der Waals surface area contributed by atoms with Gasteiger partial charge in [0.05, 0.1) is 11.3 Å². The van der Waals surface area contributed by atoms with Crippen LogP contribution >= 0.6 is 0 Å². The van der Waals surface area contributed by atoms with Crippen LogP contribution in [0.1, 0.15) is 34.3 Å². The monoisotopic (exact) mass is 358 g/mol. The number of fused-ring (bicyclic) bond motifs is 1. The molecule has 1 heterocycles. The summed E-state index contributed by atoms with van der Waals surface area (Å²) in [7, 11) is 0. The van der Waals surface area contributed by atoms with Crippen LogP contribution in [0.4, 0.5) is 8.78 Å². The van der Waals surface area contributed by atoms with Crippen molar-refractivity contribution in [2.24, 2.45) is 5.73 Å². The molecule has 3 rings (SSSR count). The van der Waals surface area contributed by atoms with Gasteiger partial charge in [-0.1, -0.05) is 6.07 Å². The molecule has 0 unspecified atom stereocenters. The van der Waals surface area contributed by atoms with Gasteiger partial charge in [-0.2, -0.15) is 0 Å². The first kappa shape index (κ1) is 18.1. The van der Waals surface area contributed by atoms with Gasteiger partial charge >= 0.3 is 5.97 Å². The smallest absolute Gasteiger partial charge is 0.336 e. The summed E-state index contributed by atoms with van der Waals surface area (Å²) in [5, 5.41) is 10.2. The Morgan fingerprint density at radius 2 is 1.96 bits per heavy atom. The average Bonchev–Trinajstić information content (AvgIpc) is 2.95. The van der Waals surface area contributed by atoms with E-state index in [1.54, 1.807) is 12.1 Å². The van der Waals surface area contributed by atoms with Crippen LogP contribution in [0.3, 0.4) is 0 Å². The quantitative estimate of drug-likeness (QED) is 0.571. The Morgan fingerprint density at radius 1 is 1.19 bits per heavy atom. The lowest BCUT2D eigenvalue weighted by Gasteiger charge is -2.08. The number of nitrogens with two attached hydrogens (primary N) is 1. The molecule has 3 aromatic rings. The zero-order valence-electron chi connectivity index (χ0n) is 14.4. The Balaban J connectivity index is 2.30. The number of hydrogen-bond acceptors (Lipinski definition) is 2. The van der Waals surface area contributed by atoms with E-state index in [-0.39, 0.29) is 11.1 Å². The molecular weight excluding hydrogens is 338 g/mol. The number of aryl methyl sites for hydroxylation is 2. The molecule has 0 spiro atoms. The highest BCUT2D eigenvalue weighted by molar-refractivity contribution is 6.07. The van der Waals surface area contributed by atoms with Gasteiger partial charge in [0.2, 0.25) is 0 Å². The minimum atomic E-state index is -1.04. The molecule has 2 aromatic carbocycles. The zero-order valence-corrected chi connectivity index (χ0v) is 14.4. The molecule has 0 atom stereocenters. The number of benzene rings is 2. The first-order chi connectivity index (χ1) is 12.4. The number of nitrogens with one attached hydrogen (secondary N) is 1. The molecule has 136 valence electrons. The van der Waals surface area contributed by atoms with E-state index in [1.165, 1.54) is 12.1 Å². The fraction of sp³-hybridized carbons (Fsp3) is 0.250. The maximum absolute atomic E-state index is 14.4. The standard InChI is InChI=1S/C20H20F2N2O2/c1-11-5-7-15(20(25)26)17-14(4-2-3-9-23)19(24-18(11)17)13-8-6-12(21)10-16(13)22/h5-8,10,24H,2-4,9,23H2,1H3,(H,25,26). The molecule has 1 aromatic heterocycles. The second kappa shape index (κ2) is 7.25. The molecule has 0 radical (unpaired) electrons. The highest BCUT2D eigenvalue weighted by atomic mass is 19.1. The van der Waals surface area contributed by atoms with Crippen LogP contribution in [0.25, 0.3) is 22.2 Å². The summed E-state index contributed by atoms with van der Waals surface area (Å²) in [6.45, 7) is 2.38. The van der Waals surface area contributed by atoms with E-state index >= 15 is 0 Å². The summed E-state index contributed by atoms with van der Waals surface area (Å²) in [5.41, 5.74) is 8.69. The van der Waals surface area contributed by atoms with Crippen molar-refractivity contribution >= 4 is 16.9 Å². The number of carboxylic acids is 1. The topological polar surface area (TPSA) is 79.1 Å². The van der Waals surface area contributed by atoms with Gasteiger partial charge in [0.1, 0.15) is 11.6 Å². The van der Waals surface area contributed by atoms with Crippen LogP contribution in [0, 0.1) is 18.6 Å². The summed E-state index contributed by atoms with van der Waals surface area (Å²) in [5.74, 6) is -2.39. The highest BCUT2D eigenvalue weighted by Crippen LogP contribution is 2.36. The molecule has 0 aliphatic rings. The first-order valence-corrected chi connectivity index (χ1v) is 8.47. The second-order valence-corrected chi connectivity index (χ2v) is 6.33. The highest BCUT2D eigenvalue weighted by Gasteiger charge is 2.21. The van der Waals surface area contributed by atoms with E-state index in [4.69, 9.17) is 5.73 Å². The number of aromatic amines is 1. The zero-order chi connectivity index (χ0) is 18.8. The number of carboxylic acid groups (broad SMARTS) is 1. The lowest BCUT2D eigenvalue weighted by Crippen LogP contribution is -2.02. The number of carbonyl (C=O) groups is 1. The molecule has 26 heavy (non-hydrogen) atoms. The number of aromatic carboxylic acids is 1. The summed E-state index contributed by atoms with van der Waals surface area (Å²) in [6, 6.07) is 6.67. The van der Waals surface area contributed by atoms with Crippen LogP contribution in [0.2, 0.25) is 0 Å². The maximum Gasteiger partial charge on any atom is 0.336 e. The van der Waals surface area contributed by atoms with Crippen molar-refractivity contribution in [3.63, 3.8) is 0 Å². The number of H-pyrrole nitrogens is 1. The Morgan fingerprint density at radius 3 is 2.62 bits per heavy atom. The average molecular weight is 358 g/mol. The van der Waals surface area contributed by atoms with Crippen molar-refractivity contribution < 1.29 is 18.7 Å². The predicted octanol–water partition coefficient (Wildman–Crippen LogP) is 4.40. The maximum atomic E-state index is 14.4. The van der Waals surface area contributed by atoms with Crippen LogP contribution in [-0.4, -0.2) is 22.6 Å². The molecule has 6 heteroatoms. The number of hydrogen-bond donors (Lipinski definition) is 3. The van der Waals surface area contributed by atoms with Crippen molar-refractivity contribution in [1.29, 1.82) is 0 Å². The van der Waals surface area contributed by atoms with Gasteiger partial charge in [0.15, 0.2) is 0 Å². The summed E-state index contributed by atoms with van der Waals surface area (Å²) in [4.78, 5) is 14.9. The fourth-order valence-electron chi connectivity index (χ4n) is 3.30. The Bertz CT molecular complexity index is 980. The van der Waals surface area contributed by atoms with Crippen molar-refractivity contribution in [3.8, 4) is 11.3 Å². The van der Waals surface area contributed by atoms with Gasteiger partial charge in [0.25, 0.3) is 0 Å². The van der Waals surface area contributed by atoms with Crippen molar-refractivity contribution in [1.82, 2.24) is 4.98 Å². The van der Waals surface area contributed by atoms with Crippen LogP contribution in [0.15, 0.2) is 30.3 Å². The van der Waals surface area contributed by atoms with E-state index in [0.29, 0.717) is 29.6 Å². The summed E-state index contributed by atoms with van der Waals surface area (Å²) in [6.07, 6.45) is 2.06. The first-order valence-electron chi connectivity index (χ1n) is 8.47. The molecular formula is C20H20F2N2O2. The largest absolute Gasteiger partial charge is 0.478 e. The van der Waals surface area contributed by atoms with E-state index in [9.17, 15) is 18.7 Å². The summed E-state index contributed by atoms with van der Waals surface area (Å²) >= 11 is 0. The van der Waals surface area contributed by atoms with Crippen LogP contribution in [-0.2, 0) is 6.42 Å². The lowest BCUT2D eigenvalue weighted by atomic mass is 9.96. The van der Waals surface area contributed by atoms with E-state index in [0.717, 1.165) is 30.0 Å². The van der Waals surface area contributed by atoms with Gasteiger partial charge in [-0.05, 0) is 62.1 Å². The van der Waals surface area contributed by atoms with Gasteiger partial charge in [0, 0.05) is 22.5 Å². The minimum absolute atomic E-state index is 0.165. The summed E-state index contributed by atoms with van der Waals surface area (Å²) < 4.78 is 27.7. The van der Waals surface area contributed by atoms with E-state index in [2.05, 4.69) is 4.98 Å². The van der Waals surface area contributed by atoms with E-state index in [1.807, 2.05) is 6.92 Å². The van der Waals surface area contributed by atoms with Crippen LogP contribution < -0.4 is 5.73 Å². The number of unbranched alkanes of at least 4 members (excludes halogenated alkanes) is 1. The number of halogens is 2. The Kier molecular flexibility index (Phi) is 5.04. The van der Waals surface area contributed by atoms with Crippen molar-refractivity contribution in [3.05, 3.63) is 58.7 Å². The molecule has 0 saturated heterocycles. The van der Waals surface area contributed by atoms with E-state index < -0.39 is 17.6 Å². The van der Waals surface area contributed by atoms with Crippen molar-refractivity contribution in [2.75, 3.05) is 6.54 Å². The van der Waals surface area contributed by atoms with Gasteiger partial charge in [-0.3, -0.25) is 0 Å². The predicted molar refractivity (Wildman–Crippen MR) is 97.3 cm³/mol. The molecule has 0 amide bonds. The lowest BCUT2D eigenvalue weighted by molar-refractivity contribution is 0.0699. The molecule has 0 saturated carbocycles. The number of rotatable bonds is 6. The van der Waals surface area contributed by atoms with Crippen LogP contribution in [0.5, 0.6) is 0 Å². The third kappa shape index (κ3) is 3.20. The molecule has 0 aliphatic carbocycles. The second-order valence-electron chi connectivity index (χ2n) is 6.33. The Labute approximate surface area is 149 Å². The molecule has 0 fully saturated rings. The third-order valence-electron chi connectivity index (χ3n) is 4.58. The third-order valence-corrected chi connectivity index (χ3v) is 4.58. The van der Waals surface area contributed by atoms with Gasteiger partial charge in [-0.15, -0.1) is 0 Å². The van der Waals surface area contributed by atoms with Gasteiger partial charge < -0.3 is 15.8 Å². The SMILES string of the molecule is Cc1ccc(C(=O)O)c2c(CCCCN)c(-c3ccc(F)cc3F)[nH]c12. The Hall–Kier alpha value is -2.73. The molecule has 0 bridgehead atoms. The van der Waals surface area contributed by atoms with Gasteiger partial charge in [-0.25, -0.2) is 13.6 Å². The minimum Gasteiger partial charge on any atom is -0.478 e.